The van der Waals surface area contributed by atoms with Crippen LogP contribution in [0.1, 0.15) is 37.0 Å². The Kier molecular flexibility index (Phi) is 9.73. The number of methoxy groups -OCH3 is 2. The number of hydrogen-bond acceptors (Lipinski definition) is 10. The fourth-order valence-electron chi connectivity index (χ4n) is 3.24. The largest absolute Gasteiger partial charge is 0.484 e. The third-order valence-corrected chi connectivity index (χ3v) is 7.51. The molecule has 13 heteroatoms. The number of carbonyl (C=O) groups excluding carboxylic acids is 3. The van der Waals surface area contributed by atoms with E-state index in [2.05, 4.69) is 22.1 Å². The highest BCUT2D eigenvalue weighted by Gasteiger charge is 2.27. The molecular formula is C24H25ClN4O6S2. The van der Waals surface area contributed by atoms with Crippen molar-refractivity contribution in [2.24, 2.45) is 0 Å². The van der Waals surface area contributed by atoms with E-state index in [1.165, 1.54) is 14.2 Å². The maximum Gasteiger partial charge on any atom is 0.348 e. The molecule has 0 saturated heterocycles. The molecule has 2 heterocycles. The zero-order valence-corrected chi connectivity index (χ0v) is 23.0. The van der Waals surface area contributed by atoms with Gasteiger partial charge in [-0.05, 0) is 37.1 Å². The van der Waals surface area contributed by atoms with Crippen molar-refractivity contribution in [3.05, 3.63) is 63.3 Å². The number of allylic oxidation sites excluding steroid dienone is 1. The fourth-order valence-corrected chi connectivity index (χ4v) is 5.31. The summed E-state index contributed by atoms with van der Waals surface area (Å²) in [4.78, 5) is 37.3. The van der Waals surface area contributed by atoms with Gasteiger partial charge in [0.2, 0.25) is 5.91 Å². The highest BCUT2D eigenvalue weighted by molar-refractivity contribution is 7.99. The topological polar surface area (TPSA) is 122 Å². The van der Waals surface area contributed by atoms with Gasteiger partial charge in [0, 0.05) is 6.54 Å². The monoisotopic (exact) mass is 564 g/mol. The maximum atomic E-state index is 12.8. The minimum Gasteiger partial charge on any atom is -0.484 e. The molecule has 1 aromatic carbocycles. The number of ether oxygens (including phenoxy) is 3. The normalized spacial score (nSPS) is 10.6. The number of carbonyl (C=O) groups is 3. The lowest BCUT2D eigenvalue weighted by atomic mass is 10.1. The van der Waals surface area contributed by atoms with E-state index < -0.39 is 17.8 Å². The molecule has 37 heavy (non-hydrogen) atoms. The van der Waals surface area contributed by atoms with Gasteiger partial charge in [-0.1, -0.05) is 35.5 Å². The molecule has 0 fully saturated rings. The van der Waals surface area contributed by atoms with Crippen molar-refractivity contribution in [1.29, 1.82) is 0 Å². The first-order valence-electron chi connectivity index (χ1n) is 10.8. The van der Waals surface area contributed by atoms with Gasteiger partial charge in [0.15, 0.2) is 11.0 Å². The number of halogens is 1. The van der Waals surface area contributed by atoms with Crippen molar-refractivity contribution in [2.75, 3.05) is 25.3 Å². The lowest BCUT2D eigenvalue weighted by Crippen LogP contribution is -2.16. The molecule has 1 N–H and O–H groups in total. The molecule has 10 nitrogen and oxygen atoms in total. The van der Waals surface area contributed by atoms with Crippen molar-refractivity contribution in [1.82, 2.24) is 14.8 Å². The number of nitrogens with zero attached hydrogens (tertiary/aromatic N) is 3. The summed E-state index contributed by atoms with van der Waals surface area (Å²) >= 11 is 8.30. The van der Waals surface area contributed by atoms with E-state index in [0.29, 0.717) is 33.9 Å². The molecule has 196 valence electrons. The summed E-state index contributed by atoms with van der Waals surface area (Å²) in [6, 6.07) is 5.48. The summed E-state index contributed by atoms with van der Waals surface area (Å²) in [6.07, 6.45) is 1.68. The number of thiophene rings is 1. The average Bonchev–Trinajstić information content (AvgIpc) is 3.42. The molecule has 0 radical (unpaired) electrons. The first-order chi connectivity index (χ1) is 17.7. The van der Waals surface area contributed by atoms with Crippen molar-refractivity contribution >= 4 is 57.5 Å². The van der Waals surface area contributed by atoms with Crippen LogP contribution in [0.2, 0.25) is 5.02 Å². The number of aryl methyl sites for hydroxylation is 1. The molecule has 0 unspecified atom stereocenters. The van der Waals surface area contributed by atoms with Crippen LogP contribution >= 0.6 is 34.7 Å². The van der Waals surface area contributed by atoms with E-state index in [9.17, 15) is 14.4 Å². The van der Waals surface area contributed by atoms with Crippen LogP contribution in [-0.2, 0) is 27.4 Å². The third-order valence-electron chi connectivity index (χ3n) is 5.04. The first kappa shape index (κ1) is 28.2. The number of amides is 1. The highest BCUT2D eigenvalue weighted by Crippen LogP contribution is 2.34. The Hall–Kier alpha value is -3.35. The molecule has 3 rings (SSSR count). The second-order valence-corrected chi connectivity index (χ2v) is 9.97. The van der Waals surface area contributed by atoms with Gasteiger partial charge in [0.25, 0.3) is 0 Å². The summed E-state index contributed by atoms with van der Waals surface area (Å²) in [5, 5.41) is 12.2. The number of nitrogens with one attached hydrogen (secondary N) is 1. The van der Waals surface area contributed by atoms with Crippen LogP contribution < -0.4 is 10.1 Å². The highest BCUT2D eigenvalue weighted by atomic mass is 35.5. The van der Waals surface area contributed by atoms with E-state index in [1.807, 2.05) is 19.1 Å². The van der Waals surface area contributed by atoms with Gasteiger partial charge in [-0.25, -0.2) is 9.59 Å². The maximum absolute atomic E-state index is 12.8. The van der Waals surface area contributed by atoms with Crippen LogP contribution in [0.5, 0.6) is 5.75 Å². The van der Waals surface area contributed by atoms with Gasteiger partial charge in [0.05, 0.1) is 30.6 Å². The van der Waals surface area contributed by atoms with Gasteiger partial charge in [-0.3, -0.25) is 9.36 Å². The molecule has 0 atom stereocenters. The Balaban J connectivity index is 1.72. The van der Waals surface area contributed by atoms with Gasteiger partial charge in [-0.2, -0.15) is 0 Å². The standard InChI is InChI=1S/C24H25ClN4O6S2/c1-6-9-29-17(11-35-16-10-13(2)7-8-15(16)25)27-28-24(29)36-12-18(30)26-21-19(22(31)33-4)14(3)20(37-21)23(32)34-5/h6-8,10H,1,9,11-12H2,2-5H3,(H,26,30). The Bertz CT molecular complexity index is 1340. The van der Waals surface area contributed by atoms with Crippen molar-refractivity contribution in [3.8, 4) is 5.75 Å². The Morgan fingerprint density at radius 1 is 1.19 bits per heavy atom. The predicted molar refractivity (Wildman–Crippen MR) is 142 cm³/mol. The zero-order valence-electron chi connectivity index (χ0n) is 20.6. The van der Waals surface area contributed by atoms with Crippen LogP contribution in [0.4, 0.5) is 5.00 Å². The van der Waals surface area contributed by atoms with Crippen molar-refractivity contribution in [2.45, 2.75) is 32.2 Å². The lowest BCUT2D eigenvalue weighted by Gasteiger charge is -2.11. The second-order valence-electron chi connectivity index (χ2n) is 7.60. The molecule has 0 aliphatic carbocycles. The number of rotatable bonds is 11. The van der Waals surface area contributed by atoms with Crippen molar-refractivity contribution < 1.29 is 28.6 Å². The van der Waals surface area contributed by atoms with E-state index in [4.69, 9.17) is 25.8 Å². The Labute approximate surface area is 227 Å². The predicted octanol–water partition coefficient (Wildman–Crippen LogP) is 4.68. The summed E-state index contributed by atoms with van der Waals surface area (Å²) in [5.41, 5.74) is 1.48. The smallest absolute Gasteiger partial charge is 0.348 e. The number of aromatic nitrogens is 3. The molecule has 0 spiro atoms. The molecule has 0 saturated carbocycles. The molecule has 0 bridgehead atoms. The quantitative estimate of drug-likeness (QED) is 0.201. The number of anilines is 1. The van der Waals surface area contributed by atoms with E-state index >= 15 is 0 Å². The fraction of sp³-hybridized carbons (Fsp3) is 0.292. The third kappa shape index (κ3) is 6.70. The number of benzene rings is 1. The van der Waals surface area contributed by atoms with E-state index in [1.54, 1.807) is 23.6 Å². The lowest BCUT2D eigenvalue weighted by molar-refractivity contribution is -0.113. The van der Waals surface area contributed by atoms with Gasteiger partial charge < -0.3 is 19.5 Å². The summed E-state index contributed by atoms with van der Waals surface area (Å²) in [6.45, 7) is 7.81. The van der Waals surface area contributed by atoms with Gasteiger partial charge >= 0.3 is 11.9 Å². The van der Waals surface area contributed by atoms with Crippen LogP contribution in [0.3, 0.4) is 0 Å². The molecule has 2 aromatic heterocycles. The summed E-state index contributed by atoms with van der Waals surface area (Å²) < 4.78 is 17.2. The van der Waals surface area contributed by atoms with Crippen LogP contribution in [0.15, 0.2) is 36.0 Å². The molecule has 1 amide bonds. The number of esters is 2. The number of thioether (sulfide) groups is 1. The van der Waals surface area contributed by atoms with Gasteiger partial charge in [0.1, 0.15) is 22.2 Å². The van der Waals surface area contributed by atoms with Crippen molar-refractivity contribution in [3.63, 3.8) is 0 Å². The van der Waals surface area contributed by atoms with E-state index in [-0.39, 0.29) is 27.8 Å². The Morgan fingerprint density at radius 2 is 1.92 bits per heavy atom. The SMILES string of the molecule is C=CCn1c(COc2cc(C)ccc2Cl)nnc1SCC(=O)Nc1sc(C(=O)OC)c(C)c1C(=O)OC. The van der Waals surface area contributed by atoms with Crippen LogP contribution in [0.25, 0.3) is 0 Å². The average molecular weight is 565 g/mol. The molecule has 0 aliphatic rings. The number of hydrogen-bond donors (Lipinski definition) is 1. The van der Waals surface area contributed by atoms with E-state index in [0.717, 1.165) is 28.7 Å². The van der Waals surface area contributed by atoms with Gasteiger partial charge in [-0.15, -0.1) is 28.1 Å². The second kappa shape index (κ2) is 12.7. The molecule has 0 aliphatic heterocycles. The first-order valence-corrected chi connectivity index (χ1v) is 13.0. The minimum absolute atomic E-state index is 0.0367. The Morgan fingerprint density at radius 3 is 2.59 bits per heavy atom. The zero-order chi connectivity index (χ0) is 27.1. The summed E-state index contributed by atoms with van der Waals surface area (Å²) in [7, 11) is 2.46. The van der Waals surface area contributed by atoms with Crippen LogP contribution in [0, 0.1) is 13.8 Å². The molecular weight excluding hydrogens is 540 g/mol. The molecule has 3 aromatic rings. The van der Waals surface area contributed by atoms with Crippen LogP contribution in [-0.4, -0.2) is 52.6 Å². The minimum atomic E-state index is -0.670. The summed E-state index contributed by atoms with van der Waals surface area (Å²) in [5.74, 6) is -0.666.